The molecule has 3 N–H and O–H groups in total. The van der Waals surface area contributed by atoms with Gasteiger partial charge >= 0.3 is 0 Å². The number of fused-ring (bicyclic) bond motifs is 2. The van der Waals surface area contributed by atoms with Crippen molar-refractivity contribution in [3.05, 3.63) is 67.4 Å². The van der Waals surface area contributed by atoms with E-state index in [-0.39, 0.29) is 0 Å². The van der Waals surface area contributed by atoms with E-state index in [4.69, 9.17) is 4.98 Å². The van der Waals surface area contributed by atoms with Crippen LogP contribution in [0.4, 0.5) is 5.69 Å². The highest BCUT2D eigenvalue weighted by atomic mass is 32.2. The smallest absolute Gasteiger partial charge is 0.229 e. The minimum absolute atomic E-state index is 0.364. The van der Waals surface area contributed by atoms with Gasteiger partial charge in [0.15, 0.2) is 17.1 Å². The Balaban J connectivity index is 1.45. The van der Waals surface area contributed by atoms with Gasteiger partial charge in [0.1, 0.15) is 11.2 Å². The van der Waals surface area contributed by atoms with Gasteiger partial charge in [-0.05, 0) is 30.3 Å². The van der Waals surface area contributed by atoms with E-state index in [1.807, 2.05) is 30.3 Å². The Hall–Kier alpha value is -4.71. The number of H-pyrrole nitrogens is 2. The van der Waals surface area contributed by atoms with Crippen molar-refractivity contribution >= 4 is 37.9 Å². The number of imidazole rings is 1. The molecule has 35 heavy (non-hydrogen) atoms. The molecule has 6 aromatic heterocycles. The van der Waals surface area contributed by atoms with E-state index in [0.717, 1.165) is 28.5 Å². The number of nitrogens with zero attached hydrogens (tertiary/aromatic N) is 6. The average Bonchev–Trinajstić information content (AvgIpc) is 3.47. The second-order valence-corrected chi connectivity index (χ2v) is 9.63. The van der Waals surface area contributed by atoms with Gasteiger partial charge < -0.3 is 4.98 Å². The second-order valence-electron chi connectivity index (χ2n) is 7.89. The minimum atomic E-state index is -3.42. The summed E-state index contributed by atoms with van der Waals surface area (Å²) >= 11 is 0. The Bertz CT molecular complexity index is 1810. The van der Waals surface area contributed by atoms with E-state index >= 15 is 0 Å². The lowest BCUT2D eigenvalue weighted by Crippen LogP contribution is -2.09. The first kappa shape index (κ1) is 20.9. The van der Waals surface area contributed by atoms with Crippen molar-refractivity contribution in [2.45, 2.75) is 0 Å². The second kappa shape index (κ2) is 7.95. The van der Waals surface area contributed by atoms with Crippen LogP contribution in [-0.2, 0) is 10.0 Å². The Morgan fingerprint density at radius 1 is 0.914 bits per heavy atom. The molecular weight excluding hydrogens is 466 g/mol. The van der Waals surface area contributed by atoms with Crippen LogP contribution >= 0.6 is 0 Å². The van der Waals surface area contributed by atoms with Crippen LogP contribution < -0.4 is 4.72 Å². The first-order valence-corrected chi connectivity index (χ1v) is 12.4. The van der Waals surface area contributed by atoms with Crippen molar-refractivity contribution in [2.75, 3.05) is 11.0 Å². The SMILES string of the molecule is CS(=O)(=O)Nc1cncc(-c2cnc3[nH]nc(-c4nc5c(-c6ccccn6)ccnc5[nH]4)c3c2)c1. The van der Waals surface area contributed by atoms with E-state index in [1.165, 1.54) is 6.20 Å². The molecule has 11 nitrogen and oxygen atoms in total. The summed E-state index contributed by atoms with van der Waals surface area (Å²) in [5.74, 6) is 0.534. The highest BCUT2D eigenvalue weighted by Gasteiger charge is 2.17. The van der Waals surface area contributed by atoms with Gasteiger partial charge in [-0.3, -0.25) is 19.8 Å². The fourth-order valence-electron chi connectivity index (χ4n) is 3.86. The number of rotatable bonds is 5. The summed E-state index contributed by atoms with van der Waals surface area (Å²) in [5.41, 5.74) is 5.93. The molecule has 0 saturated heterocycles. The maximum Gasteiger partial charge on any atom is 0.229 e. The molecule has 12 heteroatoms. The van der Waals surface area contributed by atoms with Crippen molar-refractivity contribution in [2.24, 2.45) is 0 Å². The topological polar surface area (TPSA) is 155 Å². The van der Waals surface area contributed by atoms with Crippen molar-refractivity contribution in [3.8, 4) is 33.9 Å². The first-order chi connectivity index (χ1) is 16.9. The summed E-state index contributed by atoms with van der Waals surface area (Å²) in [4.78, 5) is 25.5. The van der Waals surface area contributed by atoms with Crippen LogP contribution in [0.3, 0.4) is 0 Å². The highest BCUT2D eigenvalue weighted by Crippen LogP contribution is 2.31. The molecule has 0 bridgehead atoms. The molecule has 0 aliphatic heterocycles. The van der Waals surface area contributed by atoms with Crippen molar-refractivity contribution in [1.82, 2.24) is 40.1 Å². The molecule has 0 radical (unpaired) electrons. The van der Waals surface area contributed by atoms with Gasteiger partial charge in [-0.15, -0.1) is 0 Å². The third-order valence-corrected chi connectivity index (χ3v) is 5.95. The van der Waals surface area contributed by atoms with Crippen LogP contribution in [0, 0.1) is 0 Å². The number of aromatic amines is 2. The lowest BCUT2D eigenvalue weighted by Gasteiger charge is -2.06. The standard InChI is InChI=1S/C23H17N9O2S/c1-35(33,34)32-15-8-13(10-24-12-15)14-9-17-20(30-31-21(17)27-11-14)23-28-19-16(5-7-26-22(19)29-23)18-4-2-3-6-25-18/h2-12,32H,1H3,(H,26,28,29)(H,27,30,31). The lowest BCUT2D eigenvalue weighted by molar-refractivity contribution is 0.607. The Labute approximate surface area is 198 Å². The zero-order valence-electron chi connectivity index (χ0n) is 18.3. The lowest BCUT2D eigenvalue weighted by atomic mass is 10.1. The molecule has 0 aromatic carbocycles. The number of pyridine rings is 4. The predicted octanol–water partition coefficient (Wildman–Crippen LogP) is 3.39. The van der Waals surface area contributed by atoms with Crippen LogP contribution in [0.15, 0.2) is 67.4 Å². The average molecular weight is 484 g/mol. The molecule has 6 heterocycles. The normalized spacial score (nSPS) is 11.8. The molecule has 0 fully saturated rings. The van der Waals surface area contributed by atoms with Crippen molar-refractivity contribution < 1.29 is 8.42 Å². The number of sulfonamides is 1. The van der Waals surface area contributed by atoms with E-state index in [1.54, 1.807) is 30.9 Å². The molecule has 6 rings (SSSR count). The van der Waals surface area contributed by atoms with Crippen molar-refractivity contribution in [1.29, 1.82) is 0 Å². The van der Waals surface area contributed by atoms with Crippen molar-refractivity contribution in [3.63, 3.8) is 0 Å². The van der Waals surface area contributed by atoms with Gasteiger partial charge in [0.05, 0.1) is 29.2 Å². The third-order valence-electron chi connectivity index (χ3n) is 5.34. The summed E-state index contributed by atoms with van der Waals surface area (Å²) in [6.45, 7) is 0. The fourth-order valence-corrected chi connectivity index (χ4v) is 4.40. The number of nitrogens with one attached hydrogen (secondary N) is 3. The number of hydrogen-bond acceptors (Lipinski definition) is 8. The van der Waals surface area contributed by atoms with Gasteiger partial charge in [0, 0.05) is 41.5 Å². The Morgan fingerprint density at radius 3 is 2.63 bits per heavy atom. The number of anilines is 1. The molecule has 172 valence electrons. The van der Waals surface area contributed by atoms with Crippen LogP contribution in [0.5, 0.6) is 0 Å². The third kappa shape index (κ3) is 3.95. The minimum Gasteiger partial charge on any atom is -0.321 e. The molecule has 0 unspecified atom stereocenters. The molecule has 6 aromatic rings. The van der Waals surface area contributed by atoms with Crippen LogP contribution in [0.1, 0.15) is 0 Å². The molecule has 0 aliphatic rings. The maximum atomic E-state index is 11.6. The Morgan fingerprint density at radius 2 is 1.80 bits per heavy atom. The van der Waals surface area contributed by atoms with Crippen LogP contribution in [0.2, 0.25) is 0 Å². The number of hydrogen-bond donors (Lipinski definition) is 3. The zero-order chi connectivity index (χ0) is 24.0. The quantitative estimate of drug-likeness (QED) is 0.337. The molecule has 0 amide bonds. The molecule has 0 atom stereocenters. The van der Waals surface area contributed by atoms with Crippen LogP contribution in [-0.4, -0.2) is 54.8 Å². The maximum absolute atomic E-state index is 11.6. The summed E-state index contributed by atoms with van der Waals surface area (Å²) < 4.78 is 25.6. The monoisotopic (exact) mass is 483 g/mol. The van der Waals surface area contributed by atoms with Gasteiger partial charge in [0.2, 0.25) is 10.0 Å². The summed E-state index contributed by atoms with van der Waals surface area (Å²) in [7, 11) is -3.42. The molecule has 0 aliphatic carbocycles. The summed E-state index contributed by atoms with van der Waals surface area (Å²) in [5, 5.41) is 8.11. The van der Waals surface area contributed by atoms with Gasteiger partial charge in [-0.25, -0.2) is 23.4 Å². The van der Waals surface area contributed by atoms with E-state index in [9.17, 15) is 8.42 Å². The molecule has 0 spiro atoms. The molecule has 0 saturated carbocycles. The Kier molecular flexibility index (Phi) is 4.74. The largest absolute Gasteiger partial charge is 0.321 e. The zero-order valence-corrected chi connectivity index (χ0v) is 19.1. The van der Waals surface area contributed by atoms with Crippen LogP contribution in [0.25, 0.3) is 56.1 Å². The molecular formula is C23H17N9O2S. The van der Waals surface area contributed by atoms with E-state index in [0.29, 0.717) is 39.6 Å². The fraction of sp³-hybridized carbons (Fsp3) is 0.0435. The van der Waals surface area contributed by atoms with Gasteiger partial charge in [-0.1, -0.05) is 6.07 Å². The summed E-state index contributed by atoms with van der Waals surface area (Å²) in [6, 6.07) is 11.2. The van der Waals surface area contributed by atoms with Gasteiger partial charge in [0.25, 0.3) is 0 Å². The van der Waals surface area contributed by atoms with Gasteiger partial charge in [-0.2, -0.15) is 5.10 Å². The highest BCUT2D eigenvalue weighted by molar-refractivity contribution is 7.92. The number of aromatic nitrogens is 8. The van der Waals surface area contributed by atoms with E-state index in [2.05, 4.69) is 39.8 Å². The van der Waals surface area contributed by atoms with E-state index < -0.39 is 10.0 Å². The summed E-state index contributed by atoms with van der Waals surface area (Å²) in [6.07, 6.45) is 9.29. The first-order valence-electron chi connectivity index (χ1n) is 10.5. The predicted molar refractivity (Wildman–Crippen MR) is 132 cm³/mol.